The van der Waals surface area contributed by atoms with Crippen molar-refractivity contribution in [1.29, 1.82) is 0 Å². The molecule has 0 saturated carbocycles. The molecule has 2 aliphatic rings. The van der Waals surface area contributed by atoms with Crippen molar-refractivity contribution >= 4 is 17.8 Å². The Morgan fingerprint density at radius 3 is 2.68 bits per heavy atom. The van der Waals surface area contributed by atoms with Crippen LogP contribution in [-0.4, -0.2) is 53.1 Å². The van der Waals surface area contributed by atoms with Crippen LogP contribution < -0.4 is 11.1 Å². The first-order valence-corrected chi connectivity index (χ1v) is 13.1. The molecule has 4 rings (SSSR count). The first kappa shape index (κ1) is 26.8. The number of guanidine groups is 1. The fourth-order valence-electron chi connectivity index (χ4n) is 5.80. The summed E-state index contributed by atoms with van der Waals surface area (Å²) in [6.07, 6.45) is 1.76. The average Bonchev–Trinajstić information content (AvgIpc) is 3.22. The number of nitrogens with one attached hydrogen (secondary N) is 1. The number of aliphatic hydroxyl groups excluding tert-OH is 1. The third-order valence-electron chi connectivity index (χ3n) is 8.15. The van der Waals surface area contributed by atoms with E-state index in [0.29, 0.717) is 25.0 Å². The van der Waals surface area contributed by atoms with E-state index in [2.05, 4.69) is 5.32 Å². The maximum Gasteiger partial charge on any atom is 0.251 e. The lowest BCUT2D eigenvalue weighted by molar-refractivity contribution is -0.137. The molecule has 8 heteroatoms. The number of aliphatic imine (C=N–C) groups is 1. The number of nitrogens with two attached hydrogens (primary N) is 1. The van der Waals surface area contributed by atoms with Crippen LogP contribution >= 0.6 is 0 Å². The number of amides is 2. The Labute approximate surface area is 218 Å². The monoisotopic (exact) mass is 506 g/mol. The van der Waals surface area contributed by atoms with Gasteiger partial charge in [-0.1, -0.05) is 57.2 Å². The minimum Gasteiger partial charge on any atom is -0.390 e. The number of ether oxygens (including phenoxy) is 1. The molecule has 4 N–H and O–H groups in total. The number of benzene rings is 2. The molecule has 1 aliphatic heterocycles. The van der Waals surface area contributed by atoms with Gasteiger partial charge in [-0.05, 0) is 48.1 Å². The number of hydrogen-bond acceptors (Lipinski definition) is 6. The highest BCUT2D eigenvalue weighted by Crippen LogP contribution is 2.38. The standard InChI is InChI=1S/C29H38N4O4/c1-5-29(6-2)18(3)27(36)33(28(30)32-29)23(14-15-37-4)20-11-9-12-21(16-20)26(35)31-25-22-13-8-7-10-19(22)17-24(25)34/h7-13,16,18,23-25,34H,5-6,14-15,17H2,1-4H3,(H2,30,32)(H,31,35)/t18?,23?,24-,25-/m1/s1. The van der Waals surface area contributed by atoms with E-state index < -0.39 is 23.7 Å². The molecular weight excluding hydrogens is 468 g/mol. The van der Waals surface area contributed by atoms with Crippen LogP contribution in [0.25, 0.3) is 0 Å². The van der Waals surface area contributed by atoms with E-state index >= 15 is 0 Å². The Balaban J connectivity index is 1.64. The number of hydrogen-bond donors (Lipinski definition) is 3. The molecule has 1 heterocycles. The molecule has 0 spiro atoms. The van der Waals surface area contributed by atoms with E-state index in [-0.39, 0.29) is 23.7 Å². The van der Waals surface area contributed by atoms with Gasteiger partial charge in [0.05, 0.1) is 29.6 Å². The van der Waals surface area contributed by atoms with Crippen molar-refractivity contribution in [2.75, 3.05) is 13.7 Å². The third-order valence-corrected chi connectivity index (χ3v) is 8.15. The molecule has 2 aromatic rings. The second kappa shape index (κ2) is 11.0. The van der Waals surface area contributed by atoms with E-state index in [1.807, 2.05) is 51.1 Å². The highest BCUT2D eigenvalue weighted by molar-refractivity contribution is 6.01. The van der Waals surface area contributed by atoms with Crippen LogP contribution in [-0.2, 0) is 16.0 Å². The zero-order chi connectivity index (χ0) is 26.7. The highest BCUT2D eigenvalue weighted by Gasteiger charge is 2.46. The topological polar surface area (TPSA) is 117 Å². The summed E-state index contributed by atoms with van der Waals surface area (Å²) in [7, 11) is 1.61. The number of carbonyl (C=O) groups is 2. The van der Waals surface area contributed by atoms with E-state index in [4.69, 9.17) is 15.5 Å². The maximum absolute atomic E-state index is 13.7. The second-order valence-electron chi connectivity index (χ2n) is 10.1. The number of rotatable bonds is 9. The van der Waals surface area contributed by atoms with Crippen molar-refractivity contribution in [2.45, 2.75) is 70.2 Å². The Bertz CT molecular complexity index is 1180. The van der Waals surface area contributed by atoms with Crippen LogP contribution in [0.5, 0.6) is 0 Å². The smallest absolute Gasteiger partial charge is 0.251 e. The van der Waals surface area contributed by atoms with Crippen LogP contribution in [0, 0.1) is 5.92 Å². The lowest BCUT2D eigenvalue weighted by Crippen LogP contribution is -2.57. The molecule has 0 radical (unpaired) electrons. The van der Waals surface area contributed by atoms with E-state index in [0.717, 1.165) is 29.5 Å². The van der Waals surface area contributed by atoms with Crippen LogP contribution in [0.1, 0.15) is 79.2 Å². The first-order valence-electron chi connectivity index (χ1n) is 13.1. The van der Waals surface area contributed by atoms with E-state index in [1.54, 1.807) is 30.2 Å². The van der Waals surface area contributed by atoms with Crippen LogP contribution in [0.15, 0.2) is 53.5 Å². The Morgan fingerprint density at radius 2 is 1.97 bits per heavy atom. The van der Waals surface area contributed by atoms with Gasteiger partial charge in [0.15, 0.2) is 5.96 Å². The summed E-state index contributed by atoms with van der Waals surface area (Å²) in [6, 6.07) is 14.1. The summed E-state index contributed by atoms with van der Waals surface area (Å²) < 4.78 is 5.35. The SMILES string of the molecule is CCC1(CC)N=C(N)N(C(CCOC)c2cccc(C(=O)N[C@@H]3c4ccccc4C[C@H]3O)c2)C(=O)C1C. The lowest BCUT2D eigenvalue weighted by Gasteiger charge is -2.44. The quantitative estimate of drug-likeness (QED) is 0.481. The zero-order valence-corrected chi connectivity index (χ0v) is 22.1. The lowest BCUT2D eigenvalue weighted by atomic mass is 9.78. The molecule has 0 saturated heterocycles. The molecule has 2 aromatic carbocycles. The molecule has 2 unspecified atom stereocenters. The molecule has 8 nitrogen and oxygen atoms in total. The maximum atomic E-state index is 13.7. The fraction of sp³-hybridized carbons (Fsp3) is 0.483. The molecule has 1 aliphatic carbocycles. The van der Waals surface area contributed by atoms with Crippen LogP contribution in [0.2, 0.25) is 0 Å². The number of fused-ring (bicyclic) bond motifs is 1. The van der Waals surface area contributed by atoms with Gasteiger partial charge in [-0.25, -0.2) is 4.99 Å². The summed E-state index contributed by atoms with van der Waals surface area (Å²) in [5, 5.41) is 13.6. The Hall–Kier alpha value is -3.23. The number of methoxy groups -OCH3 is 1. The summed E-state index contributed by atoms with van der Waals surface area (Å²) in [5.74, 6) is -0.481. The highest BCUT2D eigenvalue weighted by atomic mass is 16.5. The molecule has 198 valence electrons. The Kier molecular flexibility index (Phi) is 7.99. The molecular formula is C29H38N4O4. The summed E-state index contributed by atoms with van der Waals surface area (Å²) in [4.78, 5) is 33.4. The minimum atomic E-state index is -0.681. The molecule has 0 bridgehead atoms. The summed E-state index contributed by atoms with van der Waals surface area (Å²) >= 11 is 0. The second-order valence-corrected chi connectivity index (χ2v) is 10.1. The summed E-state index contributed by atoms with van der Waals surface area (Å²) in [6.45, 7) is 6.39. The molecule has 0 aromatic heterocycles. The number of nitrogens with zero attached hydrogens (tertiary/aromatic N) is 2. The minimum absolute atomic E-state index is 0.0714. The fourth-order valence-corrected chi connectivity index (χ4v) is 5.80. The Morgan fingerprint density at radius 1 is 1.24 bits per heavy atom. The first-order chi connectivity index (χ1) is 17.8. The number of aliphatic hydroxyl groups is 1. The van der Waals surface area contributed by atoms with E-state index in [1.165, 1.54) is 0 Å². The molecule has 2 amide bonds. The summed E-state index contributed by atoms with van der Waals surface area (Å²) in [5.41, 5.74) is 9.13. The normalized spacial score (nSPS) is 23.4. The van der Waals surface area contributed by atoms with Crippen molar-refractivity contribution in [3.05, 3.63) is 70.8 Å². The van der Waals surface area contributed by atoms with Gasteiger partial charge in [0, 0.05) is 25.7 Å². The predicted molar refractivity (Wildman–Crippen MR) is 143 cm³/mol. The van der Waals surface area contributed by atoms with Crippen molar-refractivity contribution in [3.8, 4) is 0 Å². The van der Waals surface area contributed by atoms with Crippen molar-refractivity contribution in [1.82, 2.24) is 10.2 Å². The van der Waals surface area contributed by atoms with Crippen molar-refractivity contribution in [2.24, 2.45) is 16.6 Å². The van der Waals surface area contributed by atoms with Gasteiger partial charge in [-0.15, -0.1) is 0 Å². The van der Waals surface area contributed by atoms with E-state index in [9.17, 15) is 14.7 Å². The van der Waals surface area contributed by atoms with Gasteiger partial charge in [-0.2, -0.15) is 0 Å². The van der Waals surface area contributed by atoms with Crippen LogP contribution in [0.4, 0.5) is 0 Å². The molecule has 0 fully saturated rings. The largest absolute Gasteiger partial charge is 0.390 e. The number of carbonyl (C=O) groups excluding carboxylic acids is 2. The predicted octanol–water partition coefficient (Wildman–Crippen LogP) is 3.50. The van der Waals surface area contributed by atoms with Crippen LogP contribution in [0.3, 0.4) is 0 Å². The van der Waals surface area contributed by atoms with Gasteiger partial charge >= 0.3 is 0 Å². The van der Waals surface area contributed by atoms with Crippen molar-refractivity contribution < 1.29 is 19.4 Å². The van der Waals surface area contributed by atoms with Gasteiger partial charge in [0.25, 0.3) is 5.91 Å². The van der Waals surface area contributed by atoms with Gasteiger partial charge in [-0.3, -0.25) is 14.5 Å². The third kappa shape index (κ3) is 5.00. The van der Waals surface area contributed by atoms with Gasteiger partial charge < -0.3 is 20.9 Å². The zero-order valence-electron chi connectivity index (χ0n) is 22.1. The molecule has 4 atom stereocenters. The van der Waals surface area contributed by atoms with Crippen molar-refractivity contribution in [3.63, 3.8) is 0 Å². The van der Waals surface area contributed by atoms with Gasteiger partial charge in [0.2, 0.25) is 5.91 Å². The average molecular weight is 507 g/mol. The van der Waals surface area contributed by atoms with Gasteiger partial charge in [0.1, 0.15) is 0 Å². The molecule has 37 heavy (non-hydrogen) atoms.